The lowest BCUT2D eigenvalue weighted by Crippen LogP contribution is -2.03. The zero-order chi connectivity index (χ0) is 36.6. The van der Waals surface area contributed by atoms with Gasteiger partial charge in [0.1, 0.15) is 0 Å². The maximum absolute atomic E-state index is 5.14. The molecule has 6 nitrogen and oxygen atoms in total. The third kappa shape index (κ3) is 6.22. The Bertz CT molecular complexity index is 2910. The zero-order valence-electron chi connectivity index (χ0n) is 29.4. The first-order valence-electron chi connectivity index (χ1n) is 18.0. The predicted molar refractivity (Wildman–Crippen MR) is 224 cm³/mol. The maximum Gasteiger partial charge on any atom is 0.164 e. The van der Waals surface area contributed by atoms with Crippen molar-refractivity contribution in [1.29, 1.82) is 0 Å². The summed E-state index contributed by atoms with van der Waals surface area (Å²) in [7, 11) is 0. The van der Waals surface area contributed by atoms with Crippen LogP contribution in [0.15, 0.2) is 182 Å². The lowest BCUT2D eigenvalue weighted by Gasteiger charge is -2.13. The Balaban J connectivity index is 1.11. The number of rotatable bonds is 7. The number of nitrogens with zero attached hydrogens (tertiary/aromatic N) is 6. The highest BCUT2D eigenvalue weighted by Gasteiger charge is 2.19. The Labute approximate surface area is 321 Å². The molecule has 55 heavy (non-hydrogen) atoms. The average molecular weight is 723 g/mol. The Hall–Kier alpha value is -7.22. The van der Waals surface area contributed by atoms with Crippen molar-refractivity contribution in [2.75, 3.05) is 0 Å². The molecule has 0 atom stereocenters. The molecule has 0 fully saturated rings. The molecule has 0 spiro atoms. The smallest absolute Gasteiger partial charge is 0.164 e. The van der Waals surface area contributed by atoms with Crippen LogP contribution in [0.5, 0.6) is 0 Å². The van der Waals surface area contributed by atoms with Gasteiger partial charge in [0.05, 0.1) is 0 Å². The highest BCUT2D eigenvalue weighted by atomic mass is 32.1. The van der Waals surface area contributed by atoms with Gasteiger partial charge in [-0.15, -0.1) is 11.3 Å². The molecule has 0 bridgehead atoms. The van der Waals surface area contributed by atoms with E-state index >= 15 is 0 Å². The molecule has 0 saturated carbocycles. The molecule has 258 valence electrons. The second-order valence-electron chi connectivity index (χ2n) is 13.1. The molecule has 0 saturated heterocycles. The number of fused-ring (bicyclic) bond motifs is 3. The Morgan fingerprint density at radius 3 is 1.13 bits per heavy atom. The van der Waals surface area contributed by atoms with E-state index in [1.165, 1.54) is 25.7 Å². The first-order valence-corrected chi connectivity index (χ1v) is 18.9. The molecular formula is C48H30N6S. The number of hydrogen-bond donors (Lipinski definition) is 0. The van der Waals surface area contributed by atoms with Gasteiger partial charge in [0.15, 0.2) is 34.9 Å². The molecule has 0 unspecified atom stereocenters. The normalized spacial score (nSPS) is 11.3. The summed E-state index contributed by atoms with van der Waals surface area (Å²) in [5, 5.41) is 2.57. The molecule has 10 rings (SSSR count). The summed E-state index contributed by atoms with van der Waals surface area (Å²) in [6.07, 6.45) is 0. The van der Waals surface area contributed by atoms with Gasteiger partial charge < -0.3 is 0 Å². The molecule has 0 N–H and O–H groups in total. The van der Waals surface area contributed by atoms with Gasteiger partial charge in [-0.2, -0.15) is 0 Å². The van der Waals surface area contributed by atoms with Crippen LogP contribution in [0, 0.1) is 0 Å². The summed E-state index contributed by atoms with van der Waals surface area (Å²) in [5.74, 6) is 3.41. The highest BCUT2D eigenvalue weighted by Crippen LogP contribution is 2.40. The quantitative estimate of drug-likeness (QED) is 0.163. The second-order valence-corrected chi connectivity index (χ2v) is 14.2. The van der Waals surface area contributed by atoms with Crippen LogP contribution in [-0.2, 0) is 0 Å². The van der Waals surface area contributed by atoms with Crippen molar-refractivity contribution >= 4 is 31.5 Å². The molecule has 0 aliphatic heterocycles. The topological polar surface area (TPSA) is 77.3 Å². The summed E-state index contributed by atoms with van der Waals surface area (Å²) < 4.78 is 2.57. The first kappa shape index (κ1) is 32.4. The van der Waals surface area contributed by atoms with E-state index < -0.39 is 0 Å². The minimum atomic E-state index is 0.529. The fraction of sp³-hybridized carbons (Fsp3) is 0. The number of benzene rings is 7. The first-order chi connectivity index (χ1) is 27.2. The number of aromatic nitrogens is 6. The van der Waals surface area contributed by atoms with Crippen molar-refractivity contribution in [3.8, 4) is 79.5 Å². The van der Waals surface area contributed by atoms with Gasteiger partial charge in [-0.1, -0.05) is 176 Å². The highest BCUT2D eigenvalue weighted by molar-refractivity contribution is 7.26. The maximum atomic E-state index is 5.14. The summed E-state index contributed by atoms with van der Waals surface area (Å²) in [6, 6.07) is 61.7. The average Bonchev–Trinajstić information content (AvgIpc) is 3.66. The molecule has 0 amide bonds. The van der Waals surface area contributed by atoms with Gasteiger partial charge in [0, 0.05) is 53.6 Å². The molecule has 0 aliphatic rings. The number of hydrogen-bond acceptors (Lipinski definition) is 7. The van der Waals surface area contributed by atoms with Crippen molar-refractivity contribution in [3.63, 3.8) is 0 Å². The zero-order valence-corrected chi connectivity index (χ0v) is 30.2. The van der Waals surface area contributed by atoms with E-state index in [-0.39, 0.29) is 0 Å². The minimum Gasteiger partial charge on any atom is -0.208 e. The summed E-state index contributed by atoms with van der Waals surface area (Å²) in [6.45, 7) is 0. The van der Waals surface area contributed by atoms with Crippen LogP contribution in [0.1, 0.15) is 0 Å². The van der Waals surface area contributed by atoms with Crippen LogP contribution in [0.3, 0.4) is 0 Å². The lowest BCUT2D eigenvalue weighted by atomic mass is 10.0. The van der Waals surface area contributed by atoms with E-state index in [2.05, 4.69) is 66.7 Å². The third-order valence-electron chi connectivity index (χ3n) is 9.63. The van der Waals surface area contributed by atoms with Crippen molar-refractivity contribution in [3.05, 3.63) is 182 Å². The van der Waals surface area contributed by atoms with Crippen LogP contribution >= 0.6 is 11.3 Å². The van der Waals surface area contributed by atoms with E-state index in [0.717, 1.165) is 38.9 Å². The molecule has 0 aliphatic carbocycles. The molecule has 0 radical (unpaired) electrons. The van der Waals surface area contributed by atoms with Crippen molar-refractivity contribution < 1.29 is 0 Å². The Kier molecular flexibility index (Phi) is 8.24. The van der Waals surface area contributed by atoms with E-state index in [9.17, 15) is 0 Å². The van der Waals surface area contributed by atoms with E-state index in [0.29, 0.717) is 34.9 Å². The van der Waals surface area contributed by atoms with Gasteiger partial charge >= 0.3 is 0 Å². The van der Waals surface area contributed by atoms with Gasteiger partial charge in [0.2, 0.25) is 0 Å². The largest absolute Gasteiger partial charge is 0.208 e. The van der Waals surface area contributed by atoms with Crippen molar-refractivity contribution in [2.45, 2.75) is 0 Å². The van der Waals surface area contributed by atoms with Gasteiger partial charge in [-0.25, -0.2) is 29.9 Å². The van der Waals surface area contributed by atoms with Crippen LogP contribution in [0.4, 0.5) is 0 Å². The standard InChI is InChI=1S/C48H30N6S/c1-4-15-32(16-5-1)43-49-44(33-17-6-2-7-18-33)52-47(51-43)39-22-10-11-23-40(39)48-53-45(34-19-8-3-9-20-34)50-46(54-48)35-29-27-31(28-30-35)36-24-14-25-38-37-21-12-13-26-41(37)55-42(36)38/h1-30H. The number of thiophene rings is 1. The molecule has 7 aromatic carbocycles. The van der Waals surface area contributed by atoms with Crippen molar-refractivity contribution in [2.24, 2.45) is 0 Å². The van der Waals surface area contributed by atoms with Crippen LogP contribution in [-0.4, -0.2) is 29.9 Å². The summed E-state index contributed by atoms with van der Waals surface area (Å²) >= 11 is 1.83. The SMILES string of the molecule is c1ccc(-c2nc(-c3ccccc3)nc(-c3ccccc3-c3nc(-c4ccccc4)nc(-c4ccc(-c5cccc6c5sc5ccccc56)cc4)n3)n2)cc1. The monoisotopic (exact) mass is 722 g/mol. The lowest BCUT2D eigenvalue weighted by molar-refractivity contribution is 1.06. The summed E-state index contributed by atoms with van der Waals surface area (Å²) in [5.41, 5.74) is 7.54. The Morgan fingerprint density at radius 1 is 0.255 bits per heavy atom. The summed E-state index contributed by atoms with van der Waals surface area (Å²) in [4.78, 5) is 30.2. The van der Waals surface area contributed by atoms with E-state index in [1.54, 1.807) is 0 Å². The molecule has 3 heterocycles. The molecule has 3 aromatic heterocycles. The van der Waals surface area contributed by atoms with Crippen LogP contribution in [0.2, 0.25) is 0 Å². The second kappa shape index (κ2) is 14.0. The predicted octanol–water partition coefficient (Wildman–Crippen LogP) is 12.1. The Morgan fingerprint density at radius 2 is 0.618 bits per heavy atom. The fourth-order valence-corrected chi connectivity index (χ4v) is 8.16. The van der Waals surface area contributed by atoms with E-state index in [1.807, 2.05) is 127 Å². The van der Waals surface area contributed by atoms with E-state index in [4.69, 9.17) is 29.9 Å². The van der Waals surface area contributed by atoms with Gasteiger partial charge in [-0.3, -0.25) is 0 Å². The van der Waals surface area contributed by atoms with Gasteiger partial charge in [0.25, 0.3) is 0 Å². The van der Waals surface area contributed by atoms with Crippen LogP contribution in [0.25, 0.3) is 99.6 Å². The minimum absolute atomic E-state index is 0.529. The third-order valence-corrected chi connectivity index (χ3v) is 10.9. The van der Waals surface area contributed by atoms with Crippen LogP contribution < -0.4 is 0 Å². The molecule has 7 heteroatoms. The molecular weight excluding hydrogens is 693 g/mol. The van der Waals surface area contributed by atoms with Crippen molar-refractivity contribution in [1.82, 2.24) is 29.9 Å². The fourth-order valence-electron chi connectivity index (χ4n) is 6.92. The molecule has 10 aromatic rings. The van der Waals surface area contributed by atoms with Gasteiger partial charge in [-0.05, 0) is 17.2 Å².